The summed E-state index contributed by atoms with van der Waals surface area (Å²) in [4.78, 5) is 6.29. The average molecular weight is 486 g/mol. The lowest BCUT2D eigenvalue weighted by molar-refractivity contribution is -0.210. The van der Waals surface area contributed by atoms with Crippen molar-refractivity contribution in [1.29, 1.82) is 0 Å². The number of hydrogen-bond acceptors (Lipinski definition) is 3. The fraction of sp³-hybridized carbons (Fsp3) is 0.296. The summed E-state index contributed by atoms with van der Waals surface area (Å²) in [6.07, 6.45) is 2.27. The van der Waals surface area contributed by atoms with Crippen LogP contribution in [0.25, 0.3) is 27.6 Å². The van der Waals surface area contributed by atoms with E-state index in [9.17, 15) is 17.6 Å². The van der Waals surface area contributed by atoms with Crippen molar-refractivity contribution in [2.75, 3.05) is 7.05 Å². The molecule has 3 aromatic rings. The van der Waals surface area contributed by atoms with Crippen LogP contribution < -0.4 is 0 Å². The van der Waals surface area contributed by atoms with E-state index in [1.165, 1.54) is 38.1 Å². The van der Waals surface area contributed by atoms with Gasteiger partial charge in [0.05, 0.1) is 28.9 Å². The van der Waals surface area contributed by atoms with E-state index < -0.39 is 29.3 Å². The Morgan fingerprint density at radius 2 is 1.83 bits per heavy atom. The Labute approximate surface area is 198 Å². The van der Waals surface area contributed by atoms with Crippen LogP contribution in [0.5, 0.6) is 0 Å². The predicted molar refractivity (Wildman–Crippen MR) is 127 cm³/mol. The number of aryl methyl sites for hydroxylation is 1. The number of halogens is 5. The minimum absolute atomic E-state index is 0.174. The third-order valence-corrected chi connectivity index (χ3v) is 6.70. The number of fused-ring (bicyclic) bond motifs is 4. The number of allylic oxidation sites excluding steroid dienone is 2. The molecule has 1 aliphatic carbocycles. The number of rotatable bonds is 3. The molecule has 3 nitrogen and oxygen atoms in total. The monoisotopic (exact) mass is 486 g/mol. The molecule has 5 rings (SSSR count). The van der Waals surface area contributed by atoms with Crippen LogP contribution in [0.4, 0.5) is 22.0 Å². The molecule has 0 amide bonds. The molecule has 2 aliphatic rings. The molecule has 1 atom stereocenters. The normalized spacial score (nSPS) is 18.6. The molecule has 182 valence electrons. The molecule has 8 heteroatoms. The van der Waals surface area contributed by atoms with E-state index in [0.717, 1.165) is 5.57 Å². The van der Waals surface area contributed by atoms with E-state index in [0.29, 0.717) is 27.8 Å². The minimum atomic E-state index is -4.34. The largest absolute Gasteiger partial charge is 0.455 e. The maximum absolute atomic E-state index is 15.1. The Bertz CT molecular complexity index is 1490. The molecule has 2 aromatic carbocycles. The highest BCUT2D eigenvalue weighted by molar-refractivity contribution is 6.09. The zero-order valence-electron chi connectivity index (χ0n) is 19.6. The summed E-state index contributed by atoms with van der Waals surface area (Å²) < 4.78 is 75.2. The molecular weight excluding hydrogens is 463 g/mol. The van der Waals surface area contributed by atoms with Gasteiger partial charge in [-0.15, -0.1) is 0 Å². The number of furan rings is 1. The molecule has 0 saturated heterocycles. The van der Waals surface area contributed by atoms with Crippen LogP contribution in [0.3, 0.4) is 0 Å². The lowest BCUT2D eigenvalue weighted by Crippen LogP contribution is -2.33. The molecule has 1 aromatic heterocycles. The van der Waals surface area contributed by atoms with Gasteiger partial charge in [-0.1, -0.05) is 32.1 Å². The first kappa shape index (κ1) is 23.3. The maximum atomic E-state index is 15.1. The lowest BCUT2D eigenvalue weighted by atomic mass is 9.81. The first-order chi connectivity index (χ1) is 16.4. The smallest absolute Gasteiger partial charge is 0.394 e. The second-order valence-electron chi connectivity index (χ2n) is 9.75. The maximum Gasteiger partial charge on any atom is 0.394 e. The summed E-state index contributed by atoms with van der Waals surface area (Å²) in [5.41, 5.74) is 1.87. The van der Waals surface area contributed by atoms with E-state index in [1.807, 2.05) is 0 Å². The van der Waals surface area contributed by atoms with Crippen molar-refractivity contribution in [1.82, 2.24) is 4.90 Å². The standard InChI is InChI=1S/C27H23F5N2O/c1-14-9-19(29)23-18-8-6-16(28)11-21(18)35-25(23)22(14)24-17-7-5-15(10-20(17)33-13-34(24)4)12-26(2,3)27(30,31)32/h5-11,13,20H,12H2,1-4H3. The Kier molecular flexibility index (Phi) is 5.20. The van der Waals surface area contributed by atoms with Gasteiger partial charge < -0.3 is 9.32 Å². The van der Waals surface area contributed by atoms with Crippen molar-refractivity contribution in [3.05, 3.63) is 76.4 Å². The van der Waals surface area contributed by atoms with E-state index in [2.05, 4.69) is 4.99 Å². The van der Waals surface area contributed by atoms with Crippen LogP contribution in [-0.2, 0) is 0 Å². The summed E-state index contributed by atoms with van der Waals surface area (Å²) in [5.74, 6) is -0.967. The molecule has 1 aliphatic heterocycles. The topological polar surface area (TPSA) is 28.7 Å². The Balaban J connectivity index is 1.67. The molecule has 0 saturated carbocycles. The SMILES string of the molecule is Cc1cc(F)c2c(oc3cc(F)ccc32)c1C1=C2C=CC(CC(C)(C)C(F)(F)F)=CC2N=CN1C. The summed E-state index contributed by atoms with van der Waals surface area (Å²) in [6, 6.07) is 4.89. The first-order valence-corrected chi connectivity index (χ1v) is 11.1. The van der Waals surface area contributed by atoms with Gasteiger partial charge >= 0.3 is 6.18 Å². The zero-order valence-corrected chi connectivity index (χ0v) is 19.6. The molecule has 0 spiro atoms. The first-order valence-electron chi connectivity index (χ1n) is 11.1. The number of hydrogen-bond donors (Lipinski definition) is 0. The second-order valence-corrected chi connectivity index (χ2v) is 9.75. The van der Waals surface area contributed by atoms with Gasteiger partial charge in [0, 0.05) is 29.6 Å². The van der Waals surface area contributed by atoms with Gasteiger partial charge in [0.2, 0.25) is 0 Å². The van der Waals surface area contributed by atoms with E-state index in [1.54, 1.807) is 43.4 Å². The van der Waals surface area contributed by atoms with Gasteiger partial charge in [-0.25, -0.2) is 8.78 Å². The Hall–Kier alpha value is -3.42. The Morgan fingerprint density at radius 3 is 2.54 bits per heavy atom. The van der Waals surface area contributed by atoms with Crippen LogP contribution in [0.2, 0.25) is 0 Å². The van der Waals surface area contributed by atoms with Crippen LogP contribution in [0, 0.1) is 24.0 Å². The zero-order chi connectivity index (χ0) is 25.3. The van der Waals surface area contributed by atoms with Gasteiger partial charge in [0.1, 0.15) is 22.8 Å². The predicted octanol–water partition coefficient (Wildman–Crippen LogP) is 7.70. The molecule has 0 bridgehead atoms. The molecular formula is C27H23F5N2O. The summed E-state index contributed by atoms with van der Waals surface area (Å²) in [6.45, 7) is 4.12. The molecule has 0 N–H and O–H groups in total. The lowest BCUT2D eigenvalue weighted by Gasteiger charge is -2.33. The fourth-order valence-corrected chi connectivity index (χ4v) is 4.76. The van der Waals surface area contributed by atoms with E-state index >= 15 is 4.39 Å². The van der Waals surface area contributed by atoms with Crippen LogP contribution in [-0.4, -0.2) is 30.5 Å². The molecule has 2 heterocycles. The van der Waals surface area contributed by atoms with Crippen molar-refractivity contribution < 1.29 is 26.4 Å². The van der Waals surface area contributed by atoms with E-state index in [-0.39, 0.29) is 23.0 Å². The Morgan fingerprint density at radius 1 is 1.09 bits per heavy atom. The van der Waals surface area contributed by atoms with Gasteiger partial charge in [-0.05, 0) is 42.7 Å². The minimum Gasteiger partial charge on any atom is -0.455 e. The van der Waals surface area contributed by atoms with Crippen molar-refractivity contribution in [3.8, 4) is 0 Å². The molecule has 35 heavy (non-hydrogen) atoms. The van der Waals surface area contributed by atoms with Crippen molar-refractivity contribution in [2.45, 2.75) is 39.4 Å². The van der Waals surface area contributed by atoms with Crippen molar-refractivity contribution >= 4 is 34.0 Å². The highest BCUT2D eigenvalue weighted by Gasteiger charge is 2.47. The number of aliphatic imine (C=N–C) groups is 1. The average Bonchev–Trinajstić information content (AvgIpc) is 3.12. The molecule has 0 radical (unpaired) electrons. The van der Waals surface area contributed by atoms with Gasteiger partial charge in [-0.3, -0.25) is 4.99 Å². The summed E-state index contributed by atoms with van der Waals surface area (Å²) in [5, 5.41) is 0.717. The highest BCUT2D eigenvalue weighted by Crippen LogP contribution is 2.45. The summed E-state index contributed by atoms with van der Waals surface area (Å²) in [7, 11) is 1.79. The number of nitrogens with zero attached hydrogens (tertiary/aromatic N) is 2. The quantitative estimate of drug-likeness (QED) is 0.355. The fourth-order valence-electron chi connectivity index (χ4n) is 4.76. The third kappa shape index (κ3) is 3.75. The molecule has 0 fully saturated rings. The van der Waals surface area contributed by atoms with Crippen molar-refractivity contribution in [2.24, 2.45) is 10.4 Å². The van der Waals surface area contributed by atoms with Crippen molar-refractivity contribution in [3.63, 3.8) is 0 Å². The molecule has 1 unspecified atom stereocenters. The van der Waals surface area contributed by atoms with Gasteiger partial charge in [0.15, 0.2) is 0 Å². The number of alkyl halides is 3. The summed E-state index contributed by atoms with van der Waals surface area (Å²) >= 11 is 0. The van der Waals surface area contributed by atoms with E-state index in [4.69, 9.17) is 4.42 Å². The van der Waals surface area contributed by atoms with Gasteiger partial charge in [-0.2, -0.15) is 13.2 Å². The van der Waals surface area contributed by atoms with Gasteiger partial charge in [0.25, 0.3) is 0 Å². The van der Waals surface area contributed by atoms with Crippen LogP contribution in [0.1, 0.15) is 31.4 Å². The van der Waals surface area contributed by atoms with Crippen LogP contribution >= 0.6 is 0 Å². The second kappa shape index (κ2) is 7.80. The van der Waals surface area contributed by atoms with Crippen LogP contribution in [0.15, 0.2) is 63.0 Å². The third-order valence-electron chi connectivity index (χ3n) is 6.70. The highest BCUT2D eigenvalue weighted by atomic mass is 19.4. The number of benzene rings is 2.